The number of benzene rings is 1. The van der Waals surface area contributed by atoms with Gasteiger partial charge in [0, 0.05) is 29.9 Å². The fourth-order valence-corrected chi connectivity index (χ4v) is 1.68. The first-order valence-electron chi connectivity index (χ1n) is 5.51. The van der Waals surface area contributed by atoms with E-state index in [0.29, 0.717) is 18.5 Å². The van der Waals surface area contributed by atoms with Gasteiger partial charge in [0.25, 0.3) is 5.69 Å². The smallest absolute Gasteiger partial charge is 0.269 e. The molecule has 6 nitrogen and oxygen atoms in total. The molecule has 1 aromatic heterocycles. The van der Waals surface area contributed by atoms with Crippen LogP contribution in [0.3, 0.4) is 0 Å². The van der Waals surface area contributed by atoms with Gasteiger partial charge in [-0.2, -0.15) is 0 Å². The number of aliphatic hydroxyl groups is 1. The molecule has 1 aromatic carbocycles. The molecule has 0 bridgehead atoms. The van der Waals surface area contributed by atoms with Crippen LogP contribution in [-0.2, 0) is 6.42 Å². The highest BCUT2D eigenvalue weighted by Crippen LogP contribution is 2.25. The van der Waals surface area contributed by atoms with E-state index in [1.807, 2.05) is 0 Å². The Morgan fingerprint density at radius 3 is 2.67 bits per heavy atom. The van der Waals surface area contributed by atoms with Crippen molar-refractivity contribution in [2.45, 2.75) is 12.8 Å². The van der Waals surface area contributed by atoms with Crippen molar-refractivity contribution in [2.75, 3.05) is 6.61 Å². The lowest BCUT2D eigenvalue weighted by atomic mass is 10.0. The van der Waals surface area contributed by atoms with E-state index in [4.69, 9.17) is 9.63 Å². The molecule has 0 aliphatic carbocycles. The molecule has 0 atom stereocenters. The van der Waals surface area contributed by atoms with Crippen molar-refractivity contribution in [2.24, 2.45) is 0 Å². The van der Waals surface area contributed by atoms with Gasteiger partial charge in [-0.1, -0.05) is 5.16 Å². The molecule has 0 fully saturated rings. The third-order valence-corrected chi connectivity index (χ3v) is 2.60. The molecular weight excluding hydrogens is 236 g/mol. The zero-order chi connectivity index (χ0) is 13.0. The molecule has 0 aliphatic heterocycles. The fourth-order valence-electron chi connectivity index (χ4n) is 1.68. The van der Waals surface area contributed by atoms with Gasteiger partial charge in [-0.05, 0) is 25.0 Å². The van der Waals surface area contributed by atoms with E-state index in [1.165, 1.54) is 18.4 Å². The zero-order valence-corrected chi connectivity index (χ0v) is 9.57. The molecule has 18 heavy (non-hydrogen) atoms. The number of aliphatic hydroxyl groups excluding tert-OH is 1. The molecule has 0 saturated carbocycles. The lowest BCUT2D eigenvalue weighted by Crippen LogP contribution is -1.91. The third kappa shape index (κ3) is 2.54. The Kier molecular flexibility index (Phi) is 3.69. The largest absolute Gasteiger partial charge is 0.396 e. The summed E-state index contributed by atoms with van der Waals surface area (Å²) >= 11 is 0. The number of nitro groups is 1. The van der Waals surface area contributed by atoms with Crippen LogP contribution < -0.4 is 0 Å². The quantitative estimate of drug-likeness (QED) is 0.647. The van der Waals surface area contributed by atoms with Crippen molar-refractivity contribution in [1.82, 2.24) is 5.16 Å². The molecule has 0 amide bonds. The molecule has 1 N–H and O–H groups in total. The van der Waals surface area contributed by atoms with E-state index in [2.05, 4.69) is 5.16 Å². The van der Waals surface area contributed by atoms with Gasteiger partial charge in [0.05, 0.1) is 4.92 Å². The van der Waals surface area contributed by atoms with E-state index in [1.54, 1.807) is 12.1 Å². The van der Waals surface area contributed by atoms with Crippen LogP contribution in [-0.4, -0.2) is 21.8 Å². The Labute approximate surface area is 103 Å². The number of hydrogen-bond donors (Lipinski definition) is 1. The van der Waals surface area contributed by atoms with Crippen molar-refractivity contribution in [3.05, 3.63) is 46.2 Å². The van der Waals surface area contributed by atoms with E-state index in [9.17, 15) is 10.1 Å². The normalized spacial score (nSPS) is 10.5. The standard InChI is InChI=1S/C12H12N2O4/c15-7-1-2-10-8-18-13-12(10)9-3-5-11(6-4-9)14(16)17/h3-6,8,15H,1-2,7H2. The Morgan fingerprint density at radius 1 is 1.33 bits per heavy atom. The second-order valence-corrected chi connectivity index (χ2v) is 3.82. The van der Waals surface area contributed by atoms with Gasteiger partial charge in [-0.25, -0.2) is 0 Å². The van der Waals surface area contributed by atoms with Crippen LogP contribution in [0.15, 0.2) is 35.1 Å². The highest BCUT2D eigenvalue weighted by atomic mass is 16.6. The summed E-state index contributed by atoms with van der Waals surface area (Å²) in [6.07, 6.45) is 2.82. The maximum Gasteiger partial charge on any atom is 0.269 e. The minimum Gasteiger partial charge on any atom is -0.396 e. The van der Waals surface area contributed by atoms with Crippen molar-refractivity contribution >= 4 is 5.69 Å². The molecular formula is C12H12N2O4. The van der Waals surface area contributed by atoms with Crippen molar-refractivity contribution in [1.29, 1.82) is 0 Å². The molecule has 6 heteroatoms. The monoisotopic (exact) mass is 248 g/mol. The molecule has 0 spiro atoms. The Balaban J connectivity index is 2.25. The van der Waals surface area contributed by atoms with Crippen molar-refractivity contribution < 1.29 is 14.6 Å². The summed E-state index contributed by atoms with van der Waals surface area (Å²) in [5.41, 5.74) is 2.36. The van der Waals surface area contributed by atoms with Gasteiger partial charge in [0.15, 0.2) is 0 Å². The van der Waals surface area contributed by atoms with E-state index in [-0.39, 0.29) is 12.3 Å². The van der Waals surface area contributed by atoms with E-state index >= 15 is 0 Å². The highest BCUT2D eigenvalue weighted by molar-refractivity contribution is 5.63. The lowest BCUT2D eigenvalue weighted by molar-refractivity contribution is -0.384. The average molecular weight is 248 g/mol. The number of non-ortho nitro benzene ring substituents is 1. The SMILES string of the molecule is O=[N+]([O-])c1ccc(-c2nocc2CCCO)cc1. The first kappa shape index (κ1) is 12.3. The summed E-state index contributed by atoms with van der Waals surface area (Å²) in [6.45, 7) is 0.102. The van der Waals surface area contributed by atoms with Crippen molar-refractivity contribution in [3.8, 4) is 11.3 Å². The predicted octanol–water partition coefficient (Wildman–Crippen LogP) is 2.17. The maximum absolute atomic E-state index is 10.6. The summed E-state index contributed by atoms with van der Waals surface area (Å²) in [4.78, 5) is 10.1. The first-order valence-corrected chi connectivity index (χ1v) is 5.51. The minimum absolute atomic E-state index is 0.0409. The average Bonchev–Trinajstić information content (AvgIpc) is 2.84. The van der Waals surface area contributed by atoms with Gasteiger partial charge in [0.1, 0.15) is 12.0 Å². The van der Waals surface area contributed by atoms with E-state index in [0.717, 1.165) is 11.1 Å². The molecule has 0 aliphatic rings. The lowest BCUT2D eigenvalue weighted by Gasteiger charge is -2.00. The zero-order valence-electron chi connectivity index (χ0n) is 9.57. The molecule has 1 heterocycles. The van der Waals surface area contributed by atoms with Crippen LogP contribution in [0.1, 0.15) is 12.0 Å². The predicted molar refractivity (Wildman–Crippen MR) is 64.0 cm³/mol. The van der Waals surface area contributed by atoms with Gasteiger partial charge in [-0.15, -0.1) is 0 Å². The molecule has 0 radical (unpaired) electrons. The summed E-state index contributed by atoms with van der Waals surface area (Å²) < 4.78 is 4.91. The number of aryl methyl sites for hydroxylation is 1. The van der Waals surface area contributed by atoms with Crippen LogP contribution in [0.5, 0.6) is 0 Å². The number of rotatable bonds is 5. The first-order chi connectivity index (χ1) is 8.72. The number of nitrogens with zero attached hydrogens (tertiary/aromatic N) is 2. The Hall–Kier alpha value is -2.21. The highest BCUT2D eigenvalue weighted by Gasteiger charge is 2.11. The van der Waals surface area contributed by atoms with Crippen LogP contribution in [0.25, 0.3) is 11.3 Å². The van der Waals surface area contributed by atoms with Gasteiger partial charge < -0.3 is 9.63 Å². The number of hydrogen-bond acceptors (Lipinski definition) is 5. The van der Waals surface area contributed by atoms with Crippen LogP contribution in [0, 0.1) is 10.1 Å². The summed E-state index contributed by atoms with van der Waals surface area (Å²) in [5, 5.41) is 23.2. The van der Waals surface area contributed by atoms with Gasteiger partial charge in [-0.3, -0.25) is 10.1 Å². The summed E-state index contributed by atoms with van der Waals surface area (Å²) in [5.74, 6) is 0. The third-order valence-electron chi connectivity index (χ3n) is 2.60. The molecule has 0 saturated heterocycles. The Bertz CT molecular complexity index is 533. The van der Waals surface area contributed by atoms with Crippen LogP contribution in [0.2, 0.25) is 0 Å². The Morgan fingerprint density at radius 2 is 2.06 bits per heavy atom. The van der Waals surface area contributed by atoms with Crippen LogP contribution >= 0.6 is 0 Å². The molecule has 0 unspecified atom stereocenters. The topological polar surface area (TPSA) is 89.4 Å². The summed E-state index contributed by atoms with van der Waals surface area (Å²) in [7, 11) is 0. The number of nitro benzene ring substituents is 1. The minimum atomic E-state index is -0.445. The molecule has 2 rings (SSSR count). The fraction of sp³-hybridized carbons (Fsp3) is 0.250. The molecule has 2 aromatic rings. The van der Waals surface area contributed by atoms with Crippen LogP contribution in [0.4, 0.5) is 5.69 Å². The van der Waals surface area contributed by atoms with Crippen molar-refractivity contribution in [3.63, 3.8) is 0 Å². The molecule has 94 valence electrons. The van der Waals surface area contributed by atoms with E-state index < -0.39 is 4.92 Å². The van der Waals surface area contributed by atoms with Gasteiger partial charge in [0.2, 0.25) is 0 Å². The second kappa shape index (κ2) is 5.42. The van der Waals surface area contributed by atoms with Gasteiger partial charge >= 0.3 is 0 Å². The summed E-state index contributed by atoms with van der Waals surface area (Å²) in [6, 6.07) is 6.14. The maximum atomic E-state index is 10.6. The number of aromatic nitrogens is 1. The second-order valence-electron chi connectivity index (χ2n) is 3.82.